The van der Waals surface area contributed by atoms with Crippen molar-refractivity contribution in [2.75, 3.05) is 11.4 Å². The molecule has 0 aromatic carbocycles. The highest BCUT2D eigenvalue weighted by atomic mass is 16.4. The van der Waals surface area contributed by atoms with E-state index in [1.165, 1.54) is 0 Å². The first-order valence-corrected chi connectivity index (χ1v) is 9.06. The molecule has 0 amide bonds. The molecule has 0 fully saturated rings. The van der Waals surface area contributed by atoms with Gasteiger partial charge >= 0.3 is 0 Å². The first-order valence-electron chi connectivity index (χ1n) is 9.06. The Bertz CT molecular complexity index is 881. The van der Waals surface area contributed by atoms with Crippen molar-refractivity contribution in [1.29, 1.82) is 0 Å². The van der Waals surface area contributed by atoms with Crippen LogP contribution in [0.15, 0.2) is 16.8 Å². The van der Waals surface area contributed by atoms with Crippen LogP contribution in [0.5, 0.6) is 0 Å². The zero-order valence-electron chi connectivity index (χ0n) is 15.1. The minimum atomic E-state index is 0.658. The van der Waals surface area contributed by atoms with E-state index in [0.29, 0.717) is 5.92 Å². The largest absolute Gasteiger partial charge is 0.445 e. The molecule has 3 aromatic heterocycles. The molecule has 0 aliphatic carbocycles. The summed E-state index contributed by atoms with van der Waals surface area (Å²) in [6.07, 6.45) is 5.42. The Hall–Kier alpha value is -2.44. The minimum absolute atomic E-state index is 0.658. The summed E-state index contributed by atoms with van der Waals surface area (Å²) in [6.45, 7) is 8.19. The molecule has 7 nitrogen and oxygen atoms in total. The molecule has 7 heteroatoms. The van der Waals surface area contributed by atoms with Gasteiger partial charge in [0.15, 0.2) is 5.89 Å². The third kappa shape index (κ3) is 3.10. The number of hydrogen-bond acceptors (Lipinski definition) is 6. The van der Waals surface area contributed by atoms with Crippen molar-refractivity contribution in [2.45, 2.75) is 53.0 Å². The van der Waals surface area contributed by atoms with Gasteiger partial charge in [0.1, 0.15) is 17.8 Å². The van der Waals surface area contributed by atoms with Crippen LogP contribution in [0.2, 0.25) is 0 Å². The molecule has 4 rings (SSSR count). The summed E-state index contributed by atoms with van der Waals surface area (Å²) in [5.74, 6) is 2.57. The highest BCUT2D eigenvalue weighted by molar-refractivity contribution is 5.68. The van der Waals surface area contributed by atoms with E-state index >= 15 is 0 Å². The molecule has 0 N–H and O–H groups in total. The Balaban J connectivity index is 1.61. The second-order valence-electron chi connectivity index (χ2n) is 7.06. The van der Waals surface area contributed by atoms with Crippen molar-refractivity contribution in [3.63, 3.8) is 0 Å². The quantitative estimate of drug-likeness (QED) is 0.711. The summed E-state index contributed by atoms with van der Waals surface area (Å²) < 4.78 is 7.74. The Morgan fingerprint density at radius 1 is 1.32 bits per heavy atom. The first-order chi connectivity index (χ1) is 12.1. The van der Waals surface area contributed by atoms with Gasteiger partial charge in [-0.25, -0.2) is 4.98 Å². The molecule has 0 spiro atoms. The summed E-state index contributed by atoms with van der Waals surface area (Å²) in [4.78, 5) is 7.05. The molecule has 4 heterocycles. The predicted octanol–water partition coefficient (Wildman–Crippen LogP) is 2.83. The van der Waals surface area contributed by atoms with Crippen LogP contribution in [0.25, 0.3) is 5.65 Å². The predicted molar refractivity (Wildman–Crippen MR) is 94.6 cm³/mol. The molecular weight excluding hydrogens is 316 g/mol. The zero-order chi connectivity index (χ0) is 17.4. The lowest BCUT2D eigenvalue weighted by Gasteiger charge is -2.27. The van der Waals surface area contributed by atoms with Crippen molar-refractivity contribution < 1.29 is 4.42 Å². The Morgan fingerprint density at radius 3 is 3.00 bits per heavy atom. The van der Waals surface area contributed by atoms with Gasteiger partial charge in [-0.3, -0.25) is 0 Å². The second kappa shape index (κ2) is 6.46. The van der Waals surface area contributed by atoms with Crippen LogP contribution in [-0.2, 0) is 25.8 Å². The summed E-state index contributed by atoms with van der Waals surface area (Å²) >= 11 is 0. The van der Waals surface area contributed by atoms with E-state index in [9.17, 15) is 0 Å². The molecular formula is C18H24N6O. The molecule has 0 atom stereocenters. The Kier molecular flexibility index (Phi) is 4.15. The highest BCUT2D eigenvalue weighted by Gasteiger charge is 2.25. The third-order valence-electron chi connectivity index (χ3n) is 4.71. The number of hydrogen-bond donors (Lipinski definition) is 0. The molecule has 0 saturated heterocycles. The average Bonchev–Trinajstić information content (AvgIpc) is 3.24. The molecule has 1 aliphatic rings. The van der Waals surface area contributed by atoms with Gasteiger partial charge in [0.25, 0.3) is 0 Å². The fraction of sp³-hybridized carbons (Fsp3) is 0.556. The first kappa shape index (κ1) is 16.1. The van der Waals surface area contributed by atoms with E-state index < -0.39 is 0 Å². The van der Waals surface area contributed by atoms with E-state index in [1.54, 1.807) is 10.8 Å². The fourth-order valence-electron chi connectivity index (χ4n) is 3.24. The van der Waals surface area contributed by atoms with Crippen molar-refractivity contribution in [2.24, 2.45) is 5.92 Å². The summed E-state index contributed by atoms with van der Waals surface area (Å²) in [6, 6.07) is 2.12. The van der Waals surface area contributed by atoms with Gasteiger partial charge in [-0.2, -0.15) is 9.61 Å². The number of anilines is 1. The lowest BCUT2D eigenvalue weighted by atomic mass is 10.1. The maximum atomic E-state index is 5.97. The molecule has 25 heavy (non-hydrogen) atoms. The fourth-order valence-corrected chi connectivity index (χ4v) is 3.24. The van der Waals surface area contributed by atoms with Gasteiger partial charge < -0.3 is 9.32 Å². The van der Waals surface area contributed by atoms with E-state index in [-0.39, 0.29) is 0 Å². The van der Waals surface area contributed by atoms with Crippen LogP contribution < -0.4 is 4.90 Å². The maximum Gasteiger partial charge on any atom is 0.200 e. The van der Waals surface area contributed by atoms with Crippen LogP contribution in [0, 0.1) is 5.92 Å². The summed E-state index contributed by atoms with van der Waals surface area (Å²) in [5, 5.41) is 12.8. The lowest BCUT2D eigenvalue weighted by molar-refractivity contribution is 0.428. The summed E-state index contributed by atoms with van der Waals surface area (Å²) in [5.41, 5.74) is 3.95. The van der Waals surface area contributed by atoms with Crippen LogP contribution in [0.1, 0.15) is 50.2 Å². The van der Waals surface area contributed by atoms with Gasteiger partial charge in [0, 0.05) is 19.4 Å². The Morgan fingerprint density at radius 2 is 2.20 bits per heavy atom. The van der Waals surface area contributed by atoms with E-state index in [1.807, 2.05) is 0 Å². The standard InChI is InChI=1S/C18H24N6O/c1-4-13-9-15(18-21-19-11-24(18)22-13)23-8-7-16-14(10-23)20-17(25-16)6-5-12(2)3/h9,11-12H,4-8,10H2,1-3H3. The third-order valence-corrected chi connectivity index (χ3v) is 4.71. The van der Waals surface area contributed by atoms with Gasteiger partial charge in [-0.05, 0) is 24.8 Å². The number of fused-ring (bicyclic) bond motifs is 2. The zero-order valence-corrected chi connectivity index (χ0v) is 15.1. The van der Waals surface area contributed by atoms with Gasteiger partial charge in [-0.1, -0.05) is 20.8 Å². The van der Waals surface area contributed by atoms with Crippen LogP contribution in [0.3, 0.4) is 0 Å². The van der Waals surface area contributed by atoms with Crippen LogP contribution in [-0.4, -0.2) is 31.3 Å². The molecule has 3 aromatic rings. The molecule has 0 bridgehead atoms. The van der Waals surface area contributed by atoms with Crippen LogP contribution >= 0.6 is 0 Å². The average molecular weight is 340 g/mol. The second-order valence-corrected chi connectivity index (χ2v) is 7.06. The number of oxazole rings is 1. The number of aromatic nitrogens is 5. The number of nitrogens with zero attached hydrogens (tertiary/aromatic N) is 6. The van der Waals surface area contributed by atoms with E-state index in [4.69, 9.17) is 9.40 Å². The van der Waals surface area contributed by atoms with Crippen LogP contribution in [0.4, 0.5) is 5.69 Å². The van der Waals surface area contributed by atoms with E-state index in [0.717, 1.165) is 73.1 Å². The van der Waals surface area contributed by atoms with Crippen molar-refractivity contribution in [3.05, 3.63) is 35.4 Å². The van der Waals surface area contributed by atoms with Crippen molar-refractivity contribution >= 4 is 11.3 Å². The molecule has 0 saturated carbocycles. The van der Waals surface area contributed by atoms with Crippen molar-refractivity contribution in [1.82, 2.24) is 24.8 Å². The summed E-state index contributed by atoms with van der Waals surface area (Å²) in [7, 11) is 0. The number of rotatable bonds is 5. The Labute approximate surface area is 147 Å². The topological polar surface area (TPSA) is 72.4 Å². The molecule has 132 valence electrons. The molecule has 0 unspecified atom stereocenters. The molecule has 0 radical (unpaired) electrons. The monoisotopic (exact) mass is 340 g/mol. The van der Waals surface area contributed by atoms with Gasteiger partial charge in [0.2, 0.25) is 5.65 Å². The minimum Gasteiger partial charge on any atom is -0.445 e. The van der Waals surface area contributed by atoms with Gasteiger partial charge in [0.05, 0.1) is 17.9 Å². The molecule has 1 aliphatic heterocycles. The SMILES string of the molecule is CCc1cc(N2CCc3oc(CCC(C)C)nc3C2)c2nncn2n1. The smallest absolute Gasteiger partial charge is 0.200 e. The van der Waals surface area contributed by atoms with Gasteiger partial charge in [-0.15, -0.1) is 10.2 Å². The maximum absolute atomic E-state index is 5.97. The lowest BCUT2D eigenvalue weighted by Crippen LogP contribution is -2.30. The highest BCUT2D eigenvalue weighted by Crippen LogP contribution is 2.28. The normalized spacial score (nSPS) is 14.5. The van der Waals surface area contributed by atoms with E-state index in [2.05, 4.69) is 47.0 Å². The van der Waals surface area contributed by atoms with Crippen molar-refractivity contribution in [3.8, 4) is 0 Å². The number of aryl methyl sites for hydroxylation is 2.